The van der Waals surface area contributed by atoms with E-state index in [9.17, 15) is 9.50 Å². The minimum atomic E-state index is -0.519. The third-order valence-corrected chi connectivity index (χ3v) is 8.05. The van der Waals surface area contributed by atoms with Crippen molar-refractivity contribution in [3.05, 3.63) is 30.0 Å². The van der Waals surface area contributed by atoms with Crippen LogP contribution in [0.3, 0.4) is 0 Å². The smallest absolute Gasteiger partial charge is 0.179 e. The lowest BCUT2D eigenvalue weighted by atomic mass is 9.77. The number of alkyl halides is 1. The molecule has 2 aromatic heterocycles. The number of rotatable bonds is 6. The average molecular weight is 478 g/mol. The number of halogens is 2. The van der Waals surface area contributed by atoms with Crippen LogP contribution in [-0.2, 0) is 11.3 Å². The third-order valence-electron chi connectivity index (χ3n) is 7.11. The highest BCUT2D eigenvalue weighted by molar-refractivity contribution is 7.99. The minimum Gasteiger partial charge on any atom is -0.390 e. The molecule has 5 heterocycles. The van der Waals surface area contributed by atoms with Crippen LogP contribution in [-0.4, -0.2) is 65.1 Å². The van der Waals surface area contributed by atoms with Gasteiger partial charge in [0.25, 0.3) is 0 Å². The second kappa shape index (κ2) is 9.31. The van der Waals surface area contributed by atoms with Crippen LogP contribution in [0.25, 0.3) is 0 Å². The van der Waals surface area contributed by atoms with E-state index in [1.165, 1.54) is 6.20 Å². The number of hydrogen-bond acceptors (Lipinski definition) is 8. The van der Waals surface area contributed by atoms with Crippen molar-refractivity contribution in [1.29, 1.82) is 0 Å². The first-order chi connectivity index (χ1) is 16.0. The lowest BCUT2D eigenvalue weighted by Gasteiger charge is -2.40. The predicted octanol–water partition coefficient (Wildman–Crippen LogP) is 3.60. The summed E-state index contributed by atoms with van der Waals surface area (Å²) in [6.07, 6.45) is 7.32. The number of nitrogens with zero attached hydrogens (tertiary/aromatic N) is 5. The van der Waals surface area contributed by atoms with Crippen LogP contribution in [0.15, 0.2) is 28.4 Å². The molecule has 2 atom stereocenters. The number of ether oxygens (including phenoxy) is 1. The van der Waals surface area contributed by atoms with Crippen LogP contribution in [0.2, 0.25) is 0 Å². The molecular weight excluding hydrogens is 448 g/mol. The molecular formula is C23H29F2N5O2S. The summed E-state index contributed by atoms with van der Waals surface area (Å²) in [6.45, 7) is 4.47. The molecule has 0 aromatic carbocycles. The lowest BCUT2D eigenvalue weighted by molar-refractivity contribution is 0.0975. The largest absolute Gasteiger partial charge is 0.390 e. The fourth-order valence-electron chi connectivity index (χ4n) is 5.10. The highest BCUT2D eigenvalue weighted by atomic mass is 32.2. The van der Waals surface area contributed by atoms with Crippen LogP contribution in [0, 0.1) is 11.2 Å². The van der Waals surface area contributed by atoms with E-state index in [0.717, 1.165) is 50.7 Å². The molecule has 3 fully saturated rings. The molecule has 1 N–H and O–H groups in total. The summed E-state index contributed by atoms with van der Waals surface area (Å²) in [7, 11) is 0. The molecule has 0 amide bonds. The van der Waals surface area contributed by atoms with Gasteiger partial charge in [0, 0.05) is 25.8 Å². The number of hydrogen-bond donors (Lipinski definition) is 1. The van der Waals surface area contributed by atoms with Crippen LogP contribution >= 0.6 is 11.8 Å². The van der Waals surface area contributed by atoms with E-state index in [1.807, 2.05) is 0 Å². The molecule has 0 saturated carbocycles. The quantitative estimate of drug-likeness (QED) is 0.677. The maximum atomic E-state index is 15.1. The monoisotopic (exact) mass is 477 g/mol. The predicted molar refractivity (Wildman–Crippen MR) is 122 cm³/mol. The highest BCUT2D eigenvalue weighted by Crippen LogP contribution is 2.43. The summed E-state index contributed by atoms with van der Waals surface area (Å²) >= 11 is 1.13. The SMILES string of the molecule is C[C@H]1CC2(CCN(c3ncc(Sc4ccnc(N5CCC5CF)c4F)nc3CO)CC2)CO1. The van der Waals surface area contributed by atoms with E-state index < -0.39 is 12.5 Å². The molecule has 1 unspecified atom stereocenters. The van der Waals surface area contributed by atoms with Gasteiger partial charge < -0.3 is 19.6 Å². The second-order valence-electron chi connectivity index (χ2n) is 9.29. The maximum absolute atomic E-state index is 15.1. The first kappa shape index (κ1) is 22.7. The molecule has 3 saturated heterocycles. The van der Waals surface area contributed by atoms with Crippen LogP contribution < -0.4 is 9.80 Å². The third kappa shape index (κ3) is 4.40. The molecule has 1 spiro atoms. The van der Waals surface area contributed by atoms with Crippen molar-refractivity contribution < 1.29 is 18.6 Å². The zero-order valence-electron chi connectivity index (χ0n) is 18.7. The van der Waals surface area contributed by atoms with Crippen LogP contribution in [0.1, 0.15) is 38.3 Å². The van der Waals surface area contributed by atoms with Crippen molar-refractivity contribution >= 4 is 23.4 Å². The number of aromatic nitrogens is 3. The fourth-order valence-corrected chi connectivity index (χ4v) is 5.89. The fraction of sp³-hybridized carbons (Fsp3) is 0.609. The first-order valence-corrected chi connectivity index (χ1v) is 12.3. The Morgan fingerprint density at radius 1 is 1.24 bits per heavy atom. The number of pyridine rings is 1. The summed E-state index contributed by atoms with van der Waals surface area (Å²) in [6, 6.07) is 1.27. The van der Waals surface area contributed by atoms with Gasteiger partial charge in [-0.05, 0) is 44.1 Å². The Bertz CT molecular complexity index is 1000. The Morgan fingerprint density at radius 3 is 2.70 bits per heavy atom. The number of anilines is 2. The van der Waals surface area contributed by atoms with Gasteiger partial charge in [-0.1, -0.05) is 11.8 Å². The number of piperidine rings is 1. The molecule has 7 nitrogen and oxygen atoms in total. The molecule has 5 rings (SSSR count). The molecule has 33 heavy (non-hydrogen) atoms. The second-order valence-corrected chi connectivity index (χ2v) is 10.4. The Hall–Kier alpha value is -2.04. The van der Waals surface area contributed by atoms with Gasteiger partial charge in [0.2, 0.25) is 0 Å². The zero-order valence-corrected chi connectivity index (χ0v) is 19.5. The summed E-state index contributed by atoms with van der Waals surface area (Å²) in [5.41, 5.74) is 0.745. The van der Waals surface area contributed by atoms with E-state index in [-0.39, 0.29) is 23.9 Å². The van der Waals surface area contributed by atoms with Gasteiger partial charge in [0.05, 0.1) is 36.5 Å². The lowest BCUT2D eigenvalue weighted by Crippen LogP contribution is -2.50. The van der Waals surface area contributed by atoms with Gasteiger partial charge in [0.1, 0.15) is 17.4 Å². The van der Waals surface area contributed by atoms with Crippen molar-refractivity contribution in [2.75, 3.05) is 42.7 Å². The van der Waals surface area contributed by atoms with Crippen LogP contribution in [0.5, 0.6) is 0 Å². The summed E-state index contributed by atoms with van der Waals surface area (Å²) in [4.78, 5) is 17.5. The van der Waals surface area contributed by atoms with Gasteiger partial charge in [0.15, 0.2) is 17.5 Å². The molecule has 0 radical (unpaired) electrons. The Morgan fingerprint density at radius 2 is 2.06 bits per heavy atom. The van der Waals surface area contributed by atoms with Gasteiger partial charge in [-0.2, -0.15) is 0 Å². The Labute approximate surface area is 196 Å². The van der Waals surface area contributed by atoms with Crippen molar-refractivity contribution in [2.45, 2.75) is 61.3 Å². The number of aliphatic hydroxyl groups excluding tert-OH is 1. The maximum Gasteiger partial charge on any atom is 0.179 e. The normalized spacial score (nSPS) is 24.4. The van der Waals surface area contributed by atoms with Gasteiger partial charge in [-0.15, -0.1) is 0 Å². The average Bonchev–Trinajstić information content (AvgIpc) is 3.16. The molecule has 2 aromatic rings. The van der Waals surface area contributed by atoms with Gasteiger partial charge in [-0.25, -0.2) is 23.7 Å². The number of aliphatic hydroxyl groups is 1. The van der Waals surface area contributed by atoms with Crippen LogP contribution in [0.4, 0.5) is 20.4 Å². The molecule has 0 bridgehead atoms. The standard InChI is InChI=1S/C23H29F2N5O2S/c1-15-10-23(14-32-15)4-8-29(9-5-23)21-17(13-31)28-19(12-27-21)33-18-2-6-26-22(20(18)25)30-7-3-16(30)11-24/h2,6,12,15-16,31H,3-5,7-11,13-14H2,1H3/t15-,16?/m0/s1. The van der Waals surface area contributed by atoms with Crippen molar-refractivity contribution in [1.82, 2.24) is 15.0 Å². The van der Waals surface area contributed by atoms with E-state index in [2.05, 4.69) is 26.8 Å². The first-order valence-electron chi connectivity index (χ1n) is 11.5. The summed E-state index contributed by atoms with van der Waals surface area (Å²) in [5.74, 6) is 0.380. The summed E-state index contributed by atoms with van der Waals surface area (Å²) in [5, 5.41) is 10.5. The van der Waals surface area contributed by atoms with E-state index in [4.69, 9.17) is 4.74 Å². The Kier molecular flexibility index (Phi) is 6.41. The van der Waals surface area contributed by atoms with Gasteiger partial charge >= 0.3 is 0 Å². The van der Waals surface area contributed by atoms with Crippen molar-refractivity contribution in [3.8, 4) is 0 Å². The molecule has 0 aliphatic carbocycles. The molecule has 3 aliphatic heterocycles. The van der Waals surface area contributed by atoms with E-state index >= 15 is 4.39 Å². The zero-order chi connectivity index (χ0) is 23.0. The molecule has 10 heteroatoms. The van der Waals surface area contributed by atoms with Crippen molar-refractivity contribution in [3.63, 3.8) is 0 Å². The summed E-state index contributed by atoms with van der Waals surface area (Å²) < 4.78 is 34.0. The Balaban J connectivity index is 1.30. The molecule has 3 aliphatic rings. The minimum absolute atomic E-state index is 0.174. The topological polar surface area (TPSA) is 74.6 Å². The molecule has 178 valence electrons. The van der Waals surface area contributed by atoms with Gasteiger partial charge in [-0.3, -0.25) is 0 Å². The highest BCUT2D eigenvalue weighted by Gasteiger charge is 2.41. The van der Waals surface area contributed by atoms with E-state index in [0.29, 0.717) is 40.5 Å². The van der Waals surface area contributed by atoms with Crippen molar-refractivity contribution in [2.24, 2.45) is 5.41 Å². The van der Waals surface area contributed by atoms with E-state index in [1.54, 1.807) is 17.2 Å².